The van der Waals surface area contributed by atoms with E-state index in [1.165, 1.54) is 0 Å². The molecule has 0 heterocycles. The van der Waals surface area contributed by atoms with E-state index in [0.717, 1.165) is 12.8 Å². The first-order valence-corrected chi connectivity index (χ1v) is 2.80. The summed E-state index contributed by atoms with van der Waals surface area (Å²) in [5.41, 5.74) is 0. The number of hydrogen-bond donors (Lipinski definition) is 0. The summed E-state index contributed by atoms with van der Waals surface area (Å²) in [5.74, 6) is 2.78. The van der Waals surface area contributed by atoms with Gasteiger partial charge in [0.25, 0.3) is 0 Å². The van der Waals surface area contributed by atoms with Gasteiger partial charge in [-0.25, -0.2) is 0 Å². The minimum Gasteiger partial charge on any atom is -0.447 e. The van der Waals surface area contributed by atoms with E-state index in [0.29, 0.717) is 6.61 Å². The van der Waals surface area contributed by atoms with Gasteiger partial charge in [-0.15, -0.1) is 0 Å². The van der Waals surface area contributed by atoms with E-state index in [2.05, 4.69) is 19.0 Å². The van der Waals surface area contributed by atoms with Gasteiger partial charge < -0.3 is 4.74 Å². The van der Waals surface area contributed by atoms with Gasteiger partial charge in [-0.05, 0) is 13.3 Å². The summed E-state index contributed by atoms with van der Waals surface area (Å²) >= 11 is 0. The van der Waals surface area contributed by atoms with Gasteiger partial charge in [-0.3, -0.25) is 0 Å². The molecule has 0 atom stereocenters. The van der Waals surface area contributed by atoms with Gasteiger partial charge in [0, 0.05) is 6.42 Å². The zero-order valence-electron chi connectivity index (χ0n) is 5.24. The van der Waals surface area contributed by atoms with Gasteiger partial charge in [0.05, 0.1) is 0 Å². The highest BCUT2D eigenvalue weighted by molar-refractivity contribution is 4.89. The summed E-state index contributed by atoms with van der Waals surface area (Å²) in [6, 6.07) is 0. The van der Waals surface area contributed by atoms with Crippen LogP contribution in [0.3, 0.4) is 0 Å². The van der Waals surface area contributed by atoms with Crippen LogP contribution in [0.4, 0.5) is 0 Å². The van der Waals surface area contributed by atoms with Crippen LogP contribution < -0.4 is 0 Å². The Morgan fingerprint density at radius 2 is 2.38 bits per heavy atom. The van der Waals surface area contributed by atoms with Crippen molar-refractivity contribution in [2.75, 3.05) is 6.61 Å². The van der Waals surface area contributed by atoms with Gasteiger partial charge in [-0.2, -0.15) is 0 Å². The molecule has 8 heavy (non-hydrogen) atoms. The third-order valence-electron chi connectivity index (χ3n) is 0.568. The van der Waals surface area contributed by atoms with E-state index in [1.807, 2.05) is 6.92 Å². The van der Waals surface area contributed by atoms with Crippen molar-refractivity contribution in [3.05, 3.63) is 6.92 Å². The van der Waals surface area contributed by atoms with Crippen LogP contribution in [-0.4, -0.2) is 6.61 Å². The van der Waals surface area contributed by atoms with Crippen molar-refractivity contribution in [3.8, 4) is 12.0 Å². The molecular weight excluding hydrogens is 100 g/mol. The molecule has 0 N–H and O–H groups in total. The first-order valence-electron chi connectivity index (χ1n) is 2.80. The highest BCUT2D eigenvalue weighted by atomic mass is 16.5. The molecule has 0 aliphatic carbocycles. The van der Waals surface area contributed by atoms with Crippen LogP contribution in [0, 0.1) is 19.0 Å². The largest absolute Gasteiger partial charge is 0.447 e. The number of ether oxygens (including phenoxy) is 1. The lowest BCUT2D eigenvalue weighted by Gasteiger charge is -1.87. The van der Waals surface area contributed by atoms with Crippen LogP contribution in [0.2, 0.25) is 0 Å². The maximum absolute atomic E-state index is 4.80. The Hall–Kier alpha value is -0.640. The minimum atomic E-state index is 0.646. The summed E-state index contributed by atoms with van der Waals surface area (Å²) < 4.78 is 4.80. The molecule has 0 bridgehead atoms. The molecule has 45 valence electrons. The second kappa shape index (κ2) is 6.36. The fourth-order valence-electron chi connectivity index (χ4n) is 0.246. The fourth-order valence-corrected chi connectivity index (χ4v) is 0.246. The molecule has 1 radical (unpaired) electrons. The van der Waals surface area contributed by atoms with Gasteiger partial charge in [0.1, 0.15) is 12.7 Å². The fraction of sp³-hybridized carbons (Fsp3) is 0.571. The molecule has 0 saturated heterocycles. The van der Waals surface area contributed by atoms with Crippen molar-refractivity contribution in [1.29, 1.82) is 0 Å². The lowest BCUT2D eigenvalue weighted by Crippen LogP contribution is -1.82. The first kappa shape index (κ1) is 7.36. The Morgan fingerprint density at radius 1 is 1.62 bits per heavy atom. The zero-order chi connectivity index (χ0) is 6.24. The standard InChI is InChI=1S/C7H11O/c1-3-5-7-8-6-4-2/h2-4,6H2,1H3. The quantitative estimate of drug-likeness (QED) is 0.388. The molecule has 1 nitrogen and oxygen atoms in total. The molecule has 0 spiro atoms. The molecule has 0 aliphatic rings. The normalized spacial score (nSPS) is 7.25. The molecule has 0 aromatic heterocycles. The predicted octanol–water partition coefficient (Wildman–Crippen LogP) is 1.60. The Bertz CT molecular complexity index is 86.3. The van der Waals surface area contributed by atoms with Crippen molar-refractivity contribution < 1.29 is 4.74 Å². The second-order valence-corrected chi connectivity index (χ2v) is 1.33. The van der Waals surface area contributed by atoms with Crippen LogP contribution in [-0.2, 0) is 4.74 Å². The molecule has 0 aromatic carbocycles. The van der Waals surface area contributed by atoms with E-state index < -0.39 is 0 Å². The van der Waals surface area contributed by atoms with Crippen molar-refractivity contribution in [1.82, 2.24) is 0 Å². The van der Waals surface area contributed by atoms with Gasteiger partial charge in [0.15, 0.2) is 0 Å². The average molecular weight is 111 g/mol. The third-order valence-corrected chi connectivity index (χ3v) is 0.568. The maximum Gasteiger partial charge on any atom is 0.110 e. The summed E-state index contributed by atoms with van der Waals surface area (Å²) in [7, 11) is 0. The van der Waals surface area contributed by atoms with E-state index >= 15 is 0 Å². The van der Waals surface area contributed by atoms with E-state index in [1.54, 1.807) is 0 Å². The Morgan fingerprint density at radius 3 is 2.88 bits per heavy atom. The van der Waals surface area contributed by atoms with E-state index in [4.69, 9.17) is 4.74 Å². The van der Waals surface area contributed by atoms with Crippen LogP contribution in [0.25, 0.3) is 0 Å². The first-order chi connectivity index (χ1) is 3.91. The summed E-state index contributed by atoms with van der Waals surface area (Å²) in [6.07, 6.45) is 4.19. The number of rotatable bonds is 2. The monoisotopic (exact) mass is 111 g/mol. The Balaban J connectivity index is 2.90. The van der Waals surface area contributed by atoms with Crippen LogP contribution in [0.15, 0.2) is 0 Å². The number of hydrogen-bond acceptors (Lipinski definition) is 1. The lowest BCUT2D eigenvalue weighted by atomic mass is 10.5. The summed E-state index contributed by atoms with van der Waals surface area (Å²) in [6.45, 7) is 6.22. The molecule has 0 rings (SSSR count). The molecule has 0 unspecified atom stereocenters. The maximum atomic E-state index is 4.80. The van der Waals surface area contributed by atoms with E-state index in [9.17, 15) is 0 Å². The molecule has 1 heteroatoms. The smallest absolute Gasteiger partial charge is 0.110 e. The summed E-state index contributed by atoms with van der Waals surface area (Å²) in [4.78, 5) is 0. The van der Waals surface area contributed by atoms with Gasteiger partial charge in [0.2, 0.25) is 0 Å². The molecular formula is C7H11O. The van der Waals surface area contributed by atoms with Crippen LogP contribution in [0.5, 0.6) is 0 Å². The summed E-state index contributed by atoms with van der Waals surface area (Å²) in [5, 5.41) is 0. The van der Waals surface area contributed by atoms with Gasteiger partial charge >= 0.3 is 0 Å². The zero-order valence-corrected chi connectivity index (χ0v) is 5.24. The Kier molecular flexibility index (Phi) is 5.85. The topological polar surface area (TPSA) is 9.23 Å². The Labute approximate surface area is 51.0 Å². The molecule has 0 aromatic rings. The third kappa shape index (κ3) is 5.36. The highest BCUT2D eigenvalue weighted by Crippen LogP contribution is 1.75. The second-order valence-electron chi connectivity index (χ2n) is 1.33. The van der Waals surface area contributed by atoms with Crippen molar-refractivity contribution in [2.45, 2.75) is 19.8 Å². The van der Waals surface area contributed by atoms with E-state index in [-0.39, 0.29) is 0 Å². The van der Waals surface area contributed by atoms with Crippen LogP contribution >= 0.6 is 0 Å². The molecule has 0 amide bonds. The predicted molar refractivity (Wildman–Crippen MR) is 34.0 cm³/mol. The van der Waals surface area contributed by atoms with Crippen molar-refractivity contribution in [3.63, 3.8) is 0 Å². The SMILES string of the molecule is [CH2]CCOC#CCC. The average Bonchev–Trinajstić information content (AvgIpc) is 1.81. The minimum absolute atomic E-state index is 0.646. The van der Waals surface area contributed by atoms with Crippen molar-refractivity contribution >= 4 is 0 Å². The van der Waals surface area contributed by atoms with Gasteiger partial charge in [-0.1, -0.05) is 12.8 Å². The van der Waals surface area contributed by atoms with Crippen molar-refractivity contribution in [2.24, 2.45) is 0 Å². The molecule has 0 saturated carbocycles. The highest BCUT2D eigenvalue weighted by Gasteiger charge is 1.71. The molecule has 0 fully saturated rings. The van der Waals surface area contributed by atoms with Crippen LogP contribution in [0.1, 0.15) is 19.8 Å². The lowest BCUT2D eigenvalue weighted by molar-refractivity contribution is 0.284. The molecule has 0 aliphatic heterocycles.